The van der Waals surface area contributed by atoms with E-state index in [1.165, 1.54) is 25.3 Å². The number of methoxy groups -OCH3 is 1. The second-order valence-electron chi connectivity index (χ2n) is 9.59. The number of phenols is 1. The zero-order valence-electron chi connectivity index (χ0n) is 21.6. The third kappa shape index (κ3) is 6.29. The Morgan fingerprint density at radius 2 is 1.52 bits per heavy atom. The number of aliphatic hydroxyl groups is 6. The third-order valence-electron chi connectivity index (χ3n) is 7.05. The molecule has 2 fully saturated rings. The van der Waals surface area contributed by atoms with E-state index in [-0.39, 0.29) is 12.4 Å². The lowest BCUT2D eigenvalue weighted by Gasteiger charge is -2.47. The lowest BCUT2D eigenvalue weighted by atomic mass is 9.88. The van der Waals surface area contributed by atoms with Crippen LogP contribution in [0.1, 0.15) is 27.6 Å². The Labute approximate surface area is 229 Å². The van der Waals surface area contributed by atoms with Crippen molar-refractivity contribution in [3.63, 3.8) is 0 Å². The van der Waals surface area contributed by atoms with Gasteiger partial charge in [0.2, 0.25) is 0 Å². The lowest BCUT2D eigenvalue weighted by Crippen LogP contribution is -2.63. The quantitative estimate of drug-likeness (QED) is 0.177. The van der Waals surface area contributed by atoms with Crippen LogP contribution in [-0.4, -0.2) is 117 Å². The molecule has 0 bridgehead atoms. The monoisotopic (exact) mass is 566 g/mol. The van der Waals surface area contributed by atoms with Gasteiger partial charge in [-0.25, -0.2) is 4.79 Å². The number of aliphatic hydroxyl groups excluding tert-OH is 6. The molecule has 2 aromatic rings. The molecular formula is C27H34O13. The summed E-state index contributed by atoms with van der Waals surface area (Å²) in [5.74, 6) is -0.720. The maximum Gasteiger partial charge on any atom is 0.338 e. The average Bonchev–Trinajstić information content (AvgIpc) is 2.97. The molecule has 0 saturated carbocycles. The van der Waals surface area contributed by atoms with E-state index in [0.29, 0.717) is 16.7 Å². The fourth-order valence-electron chi connectivity index (χ4n) is 4.87. The summed E-state index contributed by atoms with van der Waals surface area (Å²) >= 11 is 0. The molecule has 2 aliphatic heterocycles. The number of ether oxygens (including phenoxy) is 5. The van der Waals surface area contributed by atoms with Crippen molar-refractivity contribution in [1.29, 1.82) is 0 Å². The minimum atomic E-state index is -1.75. The lowest BCUT2D eigenvalue weighted by molar-refractivity contribution is -0.344. The van der Waals surface area contributed by atoms with Crippen LogP contribution in [0.3, 0.4) is 0 Å². The Balaban J connectivity index is 1.61. The van der Waals surface area contributed by atoms with Gasteiger partial charge in [0.15, 0.2) is 6.29 Å². The number of aromatic hydroxyl groups is 1. The molecule has 13 heteroatoms. The van der Waals surface area contributed by atoms with Gasteiger partial charge in [-0.3, -0.25) is 0 Å². The maximum absolute atomic E-state index is 12.5. The summed E-state index contributed by atoms with van der Waals surface area (Å²) in [7, 11) is 1.31. The zero-order chi connectivity index (χ0) is 29.0. The van der Waals surface area contributed by atoms with Gasteiger partial charge >= 0.3 is 5.97 Å². The summed E-state index contributed by atoms with van der Waals surface area (Å²) in [6, 6.07) is 12.6. The van der Waals surface area contributed by atoms with Crippen molar-refractivity contribution in [2.75, 3.05) is 20.3 Å². The largest absolute Gasteiger partial charge is 0.508 e. The van der Waals surface area contributed by atoms with Gasteiger partial charge in [-0.2, -0.15) is 0 Å². The molecule has 0 amide bonds. The van der Waals surface area contributed by atoms with Crippen LogP contribution in [0.4, 0.5) is 0 Å². The molecule has 0 aliphatic carbocycles. The average molecular weight is 567 g/mol. The van der Waals surface area contributed by atoms with Crippen LogP contribution >= 0.6 is 0 Å². The predicted molar refractivity (Wildman–Crippen MR) is 134 cm³/mol. The highest BCUT2D eigenvalue weighted by Gasteiger charge is 2.51. The number of phenolic OH excluding ortho intramolecular Hbond substituents is 1. The molecule has 2 aliphatic rings. The Bertz CT molecular complexity index is 1110. The summed E-state index contributed by atoms with van der Waals surface area (Å²) in [4.78, 5) is 12.5. The number of rotatable bonds is 9. The summed E-state index contributed by atoms with van der Waals surface area (Å²) in [5.41, 5.74) is 1.05. The molecule has 220 valence electrons. The summed E-state index contributed by atoms with van der Waals surface area (Å²) in [5, 5.41) is 71.3. The van der Waals surface area contributed by atoms with Crippen molar-refractivity contribution in [3.8, 4) is 5.75 Å². The van der Waals surface area contributed by atoms with Crippen molar-refractivity contribution in [2.24, 2.45) is 0 Å². The zero-order valence-corrected chi connectivity index (χ0v) is 21.6. The van der Waals surface area contributed by atoms with Crippen molar-refractivity contribution in [1.82, 2.24) is 0 Å². The van der Waals surface area contributed by atoms with E-state index < -0.39 is 80.4 Å². The number of hydrogen-bond donors (Lipinski definition) is 7. The van der Waals surface area contributed by atoms with Crippen molar-refractivity contribution in [3.05, 3.63) is 65.2 Å². The summed E-state index contributed by atoms with van der Waals surface area (Å²) in [6.07, 6.45) is -14.1. The van der Waals surface area contributed by atoms with E-state index in [0.717, 1.165) is 0 Å². The molecule has 13 nitrogen and oxygen atoms in total. The van der Waals surface area contributed by atoms with Crippen LogP contribution < -0.4 is 0 Å². The number of carbonyl (C=O) groups is 1. The highest BCUT2D eigenvalue weighted by molar-refractivity contribution is 5.89. The minimum absolute atomic E-state index is 0.118. The smallest absolute Gasteiger partial charge is 0.338 e. The fourth-order valence-corrected chi connectivity index (χ4v) is 4.87. The standard InChI is InChI=1S/C27H34O13/c1-36-25-23(16-8-7-15(30)9-14(16)12-37-26(35)13-5-3-2-4-6-13)38-18(11-29)20(32)24(25)40-27-22(34)21(33)19(31)17(10-28)39-27/h2-9,17-25,27-34H,10-12H2,1H3/t17-,18-,19-,20-,21+,22-,23+,24+,25+,27+/m1/s1. The van der Waals surface area contributed by atoms with Gasteiger partial charge in [0.1, 0.15) is 67.3 Å². The van der Waals surface area contributed by atoms with Gasteiger partial charge in [0, 0.05) is 7.11 Å². The van der Waals surface area contributed by atoms with E-state index >= 15 is 0 Å². The van der Waals surface area contributed by atoms with Crippen LogP contribution in [0.15, 0.2) is 48.5 Å². The number of hydrogen-bond acceptors (Lipinski definition) is 13. The van der Waals surface area contributed by atoms with Gasteiger partial charge in [0.05, 0.1) is 18.8 Å². The molecular weight excluding hydrogens is 532 g/mol. The predicted octanol–water partition coefficient (Wildman–Crippen LogP) is -1.26. The van der Waals surface area contributed by atoms with Crippen LogP contribution in [0.25, 0.3) is 0 Å². The number of esters is 1. The van der Waals surface area contributed by atoms with Gasteiger partial charge < -0.3 is 59.4 Å². The van der Waals surface area contributed by atoms with Crippen LogP contribution in [0.2, 0.25) is 0 Å². The molecule has 0 aromatic heterocycles. The van der Waals surface area contributed by atoms with Gasteiger partial charge in [0.25, 0.3) is 0 Å². The van der Waals surface area contributed by atoms with Gasteiger partial charge in [-0.1, -0.05) is 24.3 Å². The van der Waals surface area contributed by atoms with E-state index in [9.17, 15) is 40.5 Å². The highest BCUT2D eigenvalue weighted by Crippen LogP contribution is 2.39. The molecule has 4 rings (SSSR count). The van der Waals surface area contributed by atoms with E-state index in [4.69, 9.17) is 23.7 Å². The van der Waals surface area contributed by atoms with Crippen LogP contribution in [0.5, 0.6) is 5.75 Å². The molecule has 7 N–H and O–H groups in total. The van der Waals surface area contributed by atoms with E-state index in [2.05, 4.69) is 0 Å². The van der Waals surface area contributed by atoms with E-state index in [1.54, 1.807) is 30.3 Å². The molecule has 0 radical (unpaired) electrons. The SMILES string of the molecule is CO[C@@H]1[C@@H](O[C@@H]2O[C@H](CO)[C@@H](O)[C@H](O)[C@H]2O)[C@H](O)[C@@H](CO)O[C@H]1c1ccc(O)cc1COC(=O)c1ccccc1. The summed E-state index contributed by atoms with van der Waals surface area (Å²) in [6.45, 7) is -1.59. The summed E-state index contributed by atoms with van der Waals surface area (Å²) < 4.78 is 28.4. The molecule has 10 atom stereocenters. The Kier molecular flexibility index (Phi) is 10.1. The van der Waals surface area contributed by atoms with Crippen molar-refractivity contribution in [2.45, 2.75) is 67.8 Å². The topological polar surface area (TPSA) is 205 Å². The Morgan fingerprint density at radius 1 is 0.850 bits per heavy atom. The first-order valence-corrected chi connectivity index (χ1v) is 12.7. The first kappa shape index (κ1) is 30.3. The number of benzene rings is 2. The highest BCUT2D eigenvalue weighted by atomic mass is 16.7. The Morgan fingerprint density at radius 3 is 2.17 bits per heavy atom. The molecule has 0 spiro atoms. The van der Waals surface area contributed by atoms with Crippen molar-refractivity contribution >= 4 is 5.97 Å². The minimum Gasteiger partial charge on any atom is -0.508 e. The second-order valence-corrected chi connectivity index (χ2v) is 9.59. The number of carbonyl (C=O) groups excluding carboxylic acids is 1. The molecule has 40 heavy (non-hydrogen) atoms. The first-order chi connectivity index (χ1) is 19.2. The maximum atomic E-state index is 12.5. The van der Waals surface area contributed by atoms with E-state index in [1.807, 2.05) is 0 Å². The Hall–Kier alpha value is -2.69. The third-order valence-corrected chi connectivity index (χ3v) is 7.05. The fraction of sp³-hybridized carbons (Fsp3) is 0.519. The second kappa shape index (κ2) is 13.3. The molecule has 2 saturated heterocycles. The molecule has 2 aromatic carbocycles. The van der Waals surface area contributed by atoms with Crippen molar-refractivity contribution < 1.29 is 64.2 Å². The normalized spacial score (nSPS) is 34.4. The first-order valence-electron chi connectivity index (χ1n) is 12.7. The van der Waals surface area contributed by atoms with Crippen LogP contribution in [-0.2, 0) is 30.3 Å². The molecule has 0 unspecified atom stereocenters. The van der Waals surface area contributed by atoms with Gasteiger partial charge in [-0.15, -0.1) is 0 Å². The van der Waals surface area contributed by atoms with Crippen LogP contribution in [0, 0.1) is 0 Å². The van der Waals surface area contributed by atoms with Gasteiger partial charge in [-0.05, 0) is 35.4 Å². The molecule has 2 heterocycles.